The molecular formula is C8H7ClO3. The Morgan fingerprint density at radius 1 is 1.50 bits per heavy atom. The van der Waals surface area contributed by atoms with Crippen LogP contribution in [0.3, 0.4) is 0 Å². The normalized spacial score (nSPS) is 9.50. The first-order valence-corrected chi connectivity index (χ1v) is 3.58. The maximum Gasteiger partial charge on any atom is 0.356 e. The minimum Gasteiger partial charge on any atom is -0.508 e. The van der Waals surface area contributed by atoms with Gasteiger partial charge in [0.2, 0.25) is 0 Å². The van der Waals surface area contributed by atoms with Crippen molar-refractivity contribution in [3.05, 3.63) is 29.3 Å². The Balaban J connectivity index is 3.08. The van der Waals surface area contributed by atoms with Crippen LogP contribution in [0.15, 0.2) is 18.2 Å². The molecule has 12 heavy (non-hydrogen) atoms. The van der Waals surface area contributed by atoms with Gasteiger partial charge < -0.3 is 9.40 Å². The fraction of sp³-hybridized carbons (Fsp3) is 0.125. The maximum absolute atomic E-state index is 10.9. The molecule has 0 radical (unpaired) electrons. The number of rotatable bonds is 1. The highest BCUT2D eigenvalue weighted by Crippen LogP contribution is 2.15. The smallest absolute Gasteiger partial charge is 0.356 e. The molecule has 0 atom stereocenters. The lowest BCUT2D eigenvalue weighted by Gasteiger charge is -1.99. The first-order valence-electron chi connectivity index (χ1n) is 3.27. The largest absolute Gasteiger partial charge is 0.508 e. The van der Waals surface area contributed by atoms with Crippen molar-refractivity contribution in [2.45, 2.75) is 6.92 Å². The van der Waals surface area contributed by atoms with Crippen LogP contribution in [-0.2, 0) is 4.29 Å². The lowest BCUT2D eigenvalue weighted by molar-refractivity contribution is 0.0751. The van der Waals surface area contributed by atoms with Crippen LogP contribution >= 0.6 is 11.9 Å². The SMILES string of the molecule is Cc1cc(O)cc(C(=O)OCl)c1. The molecule has 0 saturated carbocycles. The third-order valence-electron chi connectivity index (χ3n) is 1.37. The van der Waals surface area contributed by atoms with Gasteiger partial charge >= 0.3 is 5.97 Å². The van der Waals surface area contributed by atoms with Crippen molar-refractivity contribution in [1.29, 1.82) is 0 Å². The summed E-state index contributed by atoms with van der Waals surface area (Å²) in [7, 11) is 0. The highest BCUT2D eigenvalue weighted by Gasteiger charge is 2.07. The van der Waals surface area contributed by atoms with Gasteiger partial charge in [0.1, 0.15) is 17.6 Å². The standard InChI is InChI=1S/C8H7ClO3/c1-5-2-6(8(11)12-9)4-7(10)3-5/h2-4,10H,1H3. The fourth-order valence-electron chi connectivity index (χ4n) is 0.925. The molecule has 1 aromatic rings. The van der Waals surface area contributed by atoms with Crippen LogP contribution in [0.4, 0.5) is 0 Å². The van der Waals surface area contributed by atoms with E-state index in [2.05, 4.69) is 4.29 Å². The van der Waals surface area contributed by atoms with Crippen LogP contribution in [0.5, 0.6) is 5.75 Å². The van der Waals surface area contributed by atoms with E-state index in [9.17, 15) is 4.79 Å². The Bertz CT molecular complexity index is 289. The van der Waals surface area contributed by atoms with Crippen molar-refractivity contribution >= 4 is 17.8 Å². The van der Waals surface area contributed by atoms with Gasteiger partial charge in [0.05, 0.1) is 5.56 Å². The lowest BCUT2D eigenvalue weighted by Crippen LogP contribution is -1.97. The average molecular weight is 187 g/mol. The van der Waals surface area contributed by atoms with Crippen molar-refractivity contribution < 1.29 is 14.2 Å². The monoisotopic (exact) mass is 186 g/mol. The molecule has 1 rings (SSSR count). The molecule has 0 heterocycles. The van der Waals surface area contributed by atoms with E-state index in [1.165, 1.54) is 12.1 Å². The second-order valence-electron chi connectivity index (χ2n) is 2.42. The van der Waals surface area contributed by atoms with E-state index >= 15 is 0 Å². The molecule has 0 bridgehead atoms. The number of halogens is 1. The topological polar surface area (TPSA) is 46.5 Å². The first kappa shape index (κ1) is 8.87. The van der Waals surface area contributed by atoms with Crippen molar-refractivity contribution in [1.82, 2.24) is 0 Å². The summed E-state index contributed by atoms with van der Waals surface area (Å²) in [6, 6.07) is 4.40. The summed E-state index contributed by atoms with van der Waals surface area (Å²) in [6.07, 6.45) is 0. The predicted molar refractivity (Wildman–Crippen MR) is 44.1 cm³/mol. The zero-order valence-electron chi connectivity index (χ0n) is 6.37. The summed E-state index contributed by atoms with van der Waals surface area (Å²) < 4.78 is 3.97. The van der Waals surface area contributed by atoms with Gasteiger partial charge in [-0.05, 0) is 30.7 Å². The molecule has 0 aliphatic rings. The Morgan fingerprint density at radius 3 is 2.67 bits per heavy atom. The quantitative estimate of drug-likeness (QED) is 0.730. The van der Waals surface area contributed by atoms with Crippen molar-refractivity contribution in [2.75, 3.05) is 0 Å². The molecule has 3 nitrogen and oxygen atoms in total. The zero-order chi connectivity index (χ0) is 9.14. The summed E-state index contributed by atoms with van der Waals surface area (Å²) in [4.78, 5) is 10.9. The Kier molecular flexibility index (Phi) is 2.55. The second kappa shape index (κ2) is 3.45. The van der Waals surface area contributed by atoms with E-state index in [0.29, 0.717) is 0 Å². The van der Waals surface area contributed by atoms with E-state index in [-0.39, 0.29) is 11.3 Å². The van der Waals surface area contributed by atoms with Crippen LogP contribution in [0.1, 0.15) is 15.9 Å². The number of phenols is 1. The summed E-state index contributed by atoms with van der Waals surface area (Å²) in [6.45, 7) is 1.75. The molecule has 0 saturated heterocycles. The Labute approximate surface area is 74.7 Å². The van der Waals surface area contributed by atoms with Gasteiger partial charge in [-0.15, -0.1) is 0 Å². The third-order valence-corrected chi connectivity index (χ3v) is 1.51. The number of hydrogen-bond donors (Lipinski definition) is 1. The summed E-state index contributed by atoms with van der Waals surface area (Å²) in [5.74, 6) is -0.650. The minimum absolute atomic E-state index is 0.0204. The Morgan fingerprint density at radius 2 is 2.17 bits per heavy atom. The predicted octanol–water partition coefficient (Wildman–Crippen LogP) is 2.01. The van der Waals surface area contributed by atoms with E-state index in [0.717, 1.165) is 5.56 Å². The molecule has 0 aliphatic carbocycles. The number of aromatic hydroxyl groups is 1. The van der Waals surface area contributed by atoms with Gasteiger partial charge in [-0.3, -0.25) is 0 Å². The van der Waals surface area contributed by atoms with Crippen LogP contribution < -0.4 is 0 Å². The number of benzene rings is 1. The van der Waals surface area contributed by atoms with Gasteiger partial charge in [0.25, 0.3) is 0 Å². The lowest BCUT2D eigenvalue weighted by atomic mass is 10.1. The second-order valence-corrected chi connectivity index (χ2v) is 2.58. The third kappa shape index (κ3) is 1.89. The minimum atomic E-state index is -0.671. The summed E-state index contributed by atoms with van der Waals surface area (Å²) in [5.41, 5.74) is 1.01. The van der Waals surface area contributed by atoms with Gasteiger partial charge in [0, 0.05) is 0 Å². The van der Waals surface area contributed by atoms with E-state index < -0.39 is 5.97 Å². The van der Waals surface area contributed by atoms with E-state index in [4.69, 9.17) is 17.0 Å². The van der Waals surface area contributed by atoms with Gasteiger partial charge in [-0.1, -0.05) is 0 Å². The van der Waals surface area contributed by atoms with Gasteiger partial charge in [-0.25, -0.2) is 4.79 Å². The Hall–Kier alpha value is -1.22. The molecule has 1 N–H and O–H groups in total. The summed E-state index contributed by atoms with van der Waals surface area (Å²) in [5, 5.41) is 9.09. The number of phenolic OH excluding ortho intramolecular Hbond substituents is 1. The van der Waals surface area contributed by atoms with Crippen LogP contribution in [0.2, 0.25) is 0 Å². The molecule has 1 aromatic carbocycles. The fourth-order valence-corrected chi connectivity index (χ4v) is 1.01. The molecule has 0 spiro atoms. The molecule has 0 fully saturated rings. The number of carbonyl (C=O) groups is 1. The number of carbonyl (C=O) groups excluding carboxylic acids is 1. The van der Waals surface area contributed by atoms with Crippen molar-refractivity contribution in [3.63, 3.8) is 0 Å². The summed E-state index contributed by atoms with van der Waals surface area (Å²) >= 11 is 4.86. The first-order chi connectivity index (χ1) is 5.63. The number of hydrogen-bond acceptors (Lipinski definition) is 3. The number of aryl methyl sites for hydroxylation is 1. The average Bonchev–Trinajstić information content (AvgIpc) is 2.01. The van der Waals surface area contributed by atoms with Gasteiger partial charge in [-0.2, -0.15) is 0 Å². The zero-order valence-corrected chi connectivity index (χ0v) is 7.13. The molecule has 0 aromatic heterocycles. The van der Waals surface area contributed by atoms with Crippen LogP contribution in [0.25, 0.3) is 0 Å². The molecule has 4 heteroatoms. The molecular weight excluding hydrogens is 180 g/mol. The van der Waals surface area contributed by atoms with Crippen LogP contribution in [-0.4, -0.2) is 11.1 Å². The van der Waals surface area contributed by atoms with E-state index in [1.807, 2.05) is 0 Å². The maximum atomic E-state index is 10.9. The van der Waals surface area contributed by atoms with Crippen molar-refractivity contribution in [3.8, 4) is 5.75 Å². The molecule has 0 amide bonds. The molecule has 0 aliphatic heterocycles. The molecule has 64 valence electrons. The van der Waals surface area contributed by atoms with Crippen molar-refractivity contribution in [2.24, 2.45) is 0 Å². The molecule has 0 unspecified atom stereocenters. The van der Waals surface area contributed by atoms with Gasteiger partial charge in [0.15, 0.2) is 0 Å². The highest BCUT2D eigenvalue weighted by atomic mass is 35.5. The highest BCUT2D eigenvalue weighted by molar-refractivity contribution is 6.15. The van der Waals surface area contributed by atoms with Crippen LogP contribution in [0, 0.1) is 6.92 Å². The van der Waals surface area contributed by atoms with E-state index in [1.54, 1.807) is 13.0 Å².